The van der Waals surface area contributed by atoms with E-state index in [2.05, 4.69) is 10.6 Å². The van der Waals surface area contributed by atoms with Crippen LogP contribution in [0.5, 0.6) is 5.75 Å². The van der Waals surface area contributed by atoms with Crippen molar-refractivity contribution in [2.75, 3.05) is 6.61 Å². The lowest BCUT2D eigenvalue weighted by atomic mass is 9.73. The van der Waals surface area contributed by atoms with E-state index in [1.807, 2.05) is 0 Å². The summed E-state index contributed by atoms with van der Waals surface area (Å²) in [6.45, 7) is -0.291. The number of nitrogens with one attached hydrogen (secondary N) is 2. The summed E-state index contributed by atoms with van der Waals surface area (Å²) in [6, 6.07) is 6.24. The summed E-state index contributed by atoms with van der Waals surface area (Å²) >= 11 is 5.62. The van der Waals surface area contributed by atoms with Crippen LogP contribution in [-0.4, -0.2) is 30.5 Å². The second kappa shape index (κ2) is 8.78. The van der Waals surface area contributed by atoms with Gasteiger partial charge in [0.25, 0.3) is 11.8 Å². The number of amides is 2. The maximum Gasteiger partial charge on any atom is 0.258 e. The molecule has 0 radical (unpaired) electrons. The summed E-state index contributed by atoms with van der Waals surface area (Å²) in [5, 5.41) is 5.65. The molecule has 0 bridgehead atoms. The van der Waals surface area contributed by atoms with Crippen LogP contribution in [0.2, 0.25) is 5.02 Å². The first-order valence-corrected chi connectivity index (χ1v) is 10.3. The van der Waals surface area contributed by atoms with E-state index in [1.165, 1.54) is 12.1 Å². The molecule has 4 rings (SSSR count). The number of rotatable bonds is 6. The lowest BCUT2D eigenvalue weighted by Crippen LogP contribution is -2.44. The third kappa shape index (κ3) is 4.63. The summed E-state index contributed by atoms with van der Waals surface area (Å²) in [5.74, 6) is -2.61. The molecule has 2 amide bonds. The SMILES string of the molecule is O=C(COc1ccc(Cl)c(F)c1)N[C@H]1CC(NC(=O)c2cc(F)ccc2F)C2CCC21. The van der Waals surface area contributed by atoms with Crippen molar-refractivity contribution in [1.29, 1.82) is 0 Å². The van der Waals surface area contributed by atoms with Gasteiger partial charge in [0.15, 0.2) is 6.61 Å². The maximum absolute atomic E-state index is 13.9. The Balaban J connectivity index is 1.32. The zero-order valence-electron chi connectivity index (χ0n) is 16.3. The number of hydrogen-bond donors (Lipinski definition) is 2. The van der Waals surface area contributed by atoms with E-state index in [0.717, 1.165) is 37.1 Å². The van der Waals surface area contributed by atoms with Crippen LogP contribution < -0.4 is 15.4 Å². The molecule has 2 fully saturated rings. The van der Waals surface area contributed by atoms with Gasteiger partial charge < -0.3 is 15.4 Å². The molecule has 2 aliphatic rings. The average molecular weight is 453 g/mol. The summed E-state index contributed by atoms with van der Waals surface area (Å²) in [6.07, 6.45) is 2.27. The van der Waals surface area contributed by atoms with Gasteiger partial charge >= 0.3 is 0 Å². The quantitative estimate of drug-likeness (QED) is 0.699. The van der Waals surface area contributed by atoms with E-state index in [9.17, 15) is 22.8 Å². The van der Waals surface area contributed by atoms with E-state index in [0.29, 0.717) is 6.42 Å². The van der Waals surface area contributed by atoms with Crippen molar-refractivity contribution in [3.63, 3.8) is 0 Å². The minimum Gasteiger partial charge on any atom is -0.484 e. The minimum atomic E-state index is -0.789. The maximum atomic E-state index is 13.9. The highest BCUT2D eigenvalue weighted by atomic mass is 35.5. The highest BCUT2D eigenvalue weighted by molar-refractivity contribution is 6.30. The number of carbonyl (C=O) groups is 2. The molecule has 9 heteroatoms. The molecule has 2 aliphatic carbocycles. The Morgan fingerprint density at radius 3 is 2.35 bits per heavy atom. The third-order valence-corrected chi connectivity index (χ3v) is 6.33. The molecule has 0 heterocycles. The molecule has 0 aliphatic heterocycles. The molecular formula is C22H20ClF3N2O3. The monoisotopic (exact) mass is 452 g/mol. The standard InChI is InChI=1S/C22H20ClF3N2O3/c23-16-5-2-12(8-18(16)26)31-10-21(29)27-19-9-20(14-4-3-13(14)19)28-22(30)15-7-11(24)1-6-17(15)25/h1-2,5-8,13-14,19-20H,3-4,9-10H2,(H,27,29)(H,28,30)/t13?,14?,19-,20?/m0/s1. The van der Waals surface area contributed by atoms with Gasteiger partial charge in [-0.1, -0.05) is 11.6 Å². The fourth-order valence-corrected chi connectivity index (χ4v) is 4.50. The first-order chi connectivity index (χ1) is 14.8. The van der Waals surface area contributed by atoms with Gasteiger partial charge in [0.1, 0.15) is 23.2 Å². The van der Waals surface area contributed by atoms with E-state index in [-0.39, 0.29) is 52.8 Å². The van der Waals surface area contributed by atoms with Crippen LogP contribution in [-0.2, 0) is 4.79 Å². The molecule has 31 heavy (non-hydrogen) atoms. The largest absolute Gasteiger partial charge is 0.484 e. The Kier molecular flexibility index (Phi) is 6.09. The topological polar surface area (TPSA) is 67.4 Å². The van der Waals surface area contributed by atoms with E-state index < -0.39 is 23.4 Å². The van der Waals surface area contributed by atoms with Gasteiger partial charge in [-0.05, 0) is 61.4 Å². The van der Waals surface area contributed by atoms with Crippen LogP contribution in [0.1, 0.15) is 29.6 Å². The molecule has 0 aromatic heterocycles. The van der Waals surface area contributed by atoms with Crippen LogP contribution in [0.15, 0.2) is 36.4 Å². The Labute approximate surface area is 181 Å². The summed E-state index contributed by atoms with van der Waals surface area (Å²) in [7, 11) is 0. The second-order valence-corrected chi connectivity index (χ2v) is 8.29. The van der Waals surface area contributed by atoms with Gasteiger partial charge in [-0.15, -0.1) is 0 Å². The van der Waals surface area contributed by atoms with Crippen LogP contribution in [0.3, 0.4) is 0 Å². The third-order valence-electron chi connectivity index (χ3n) is 6.02. The van der Waals surface area contributed by atoms with Gasteiger partial charge in [-0.3, -0.25) is 9.59 Å². The number of carbonyl (C=O) groups excluding carboxylic acids is 2. The fourth-order valence-electron chi connectivity index (χ4n) is 4.39. The first-order valence-electron chi connectivity index (χ1n) is 9.95. The van der Waals surface area contributed by atoms with Crippen molar-refractivity contribution in [3.8, 4) is 5.75 Å². The number of halogens is 4. The Morgan fingerprint density at radius 2 is 1.68 bits per heavy atom. The molecule has 2 N–H and O–H groups in total. The van der Waals surface area contributed by atoms with Crippen molar-refractivity contribution >= 4 is 23.4 Å². The zero-order chi connectivity index (χ0) is 22.1. The fraction of sp³-hybridized carbons (Fsp3) is 0.364. The zero-order valence-corrected chi connectivity index (χ0v) is 17.1. The number of hydrogen-bond acceptors (Lipinski definition) is 3. The lowest BCUT2D eigenvalue weighted by Gasteiger charge is -2.36. The normalized spacial score (nSPS) is 24.1. The number of fused-ring (bicyclic) bond motifs is 1. The molecule has 2 saturated carbocycles. The molecule has 5 nitrogen and oxygen atoms in total. The van der Waals surface area contributed by atoms with Crippen molar-refractivity contribution in [2.24, 2.45) is 11.8 Å². The van der Waals surface area contributed by atoms with Gasteiger partial charge in [-0.25, -0.2) is 13.2 Å². The predicted octanol–water partition coefficient (Wildman–Crippen LogP) is 3.85. The van der Waals surface area contributed by atoms with Crippen LogP contribution in [0, 0.1) is 29.3 Å². The van der Waals surface area contributed by atoms with Gasteiger partial charge in [0, 0.05) is 18.2 Å². The molecular weight excluding hydrogens is 433 g/mol. The van der Waals surface area contributed by atoms with Gasteiger partial charge in [0.2, 0.25) is 0 Å². The Morgan fingerprint density at radius 1 is 0.968 bits per heavy atom. The van der Waals surface area contributed by atoms with Gasteiger partial charge in [-0.2, -0.15) is 0 Å². The molecule has 3 unspecified atom stereocenters. The van der Waals surface area contributed by atoms with E-state index in [4.69, 9.17) is 16.3 Å². The second-order valence-electron chi connectivity index (χ2n) is 7.88. The predicted molar refractivity (Wildman–Crippen MR) is 107 cm³/mol. The number of ether oxygens (including phenoxy) is 1. The average Bonchev–Trinajstić information content (AvgIpc) is 2.91. The number of benzene rings is 2. The Hall–Kier alpha value is -2.74. The van der Waals surface area contributed by atoms with Crippen molar-refractivity contribution < 1.29 is 27.5 Å². The summed E-state index contributed by atoms with van der Waals surface area (Å²) in [5.41, 5.74) is -0.341. The first kappa shape index (κ1) is 21.5. The molecule has 0 saturated heterocycles. The smallest absolute Gasteiger partial charge is 0.258 e. The molecule has 2 aromatic carbocycles. The van der Waals surface area contributed by atoms with Crippen LogP contribution >= 0.6 is 11.6 Å². The lowest BCUT2D eigenvalue weighted by molar-refractivity contribution is -0.124. The summed E-state index contributed by atoms with van der Waals surface area (Å²) in [4.78, 5) is 24.7. The van der Waals surface area contributed by atoms with E-state index in [1.54, 1.807) is 0 Å². The highest BCUT2D eigenvalue weighted by Crippen LogP contribution is 2.47. The summed E-state index contributed by atoms with van der Waals surface area (Å²) < 4.78 is 46.0. The molecule has 4 atom stereocenters. The highest BCUT2D eigenvalue weighted by Gasteiger charge is 2.49. The van der Waals surface area contributed by atoms with Crippen molar-refractivity contribution in [1.82, 2.24) is 10.6 Å². The Bertz CT molecular complexity index is 1020. The molecule has 2 aromatic rings. The van der Waals surface area contributed by atoms with Crippen molar-refractivity contribution in [2.45, 2.75) is 31.3 Å². The van der Waals surface area contributed by atoms with Gasteiger partial charge in [0.05, 0.1) is 10.6 Å². The van der Waals surface area contributed by atoms with Crippen LogP contribution in [0.4, 0.5) is 13.2 Å². The molecule has 0 spiro atoms. The van der Waals surface area contributed by atoms with Crippen LogP contribution in [0.25, 0.3) is 0 Å². The minimum absolute atomic E-state index is 0.0370. The van der Waals surface area contributed by atoms with E-state index >= 15 is 0 Å². The molecule has 164 valence electrons. The van der Waals surface area contributed by atoms with Crippen molar-refractivity contribution in [3.05, 3.63) is 64.4 Å².